The molecule has 1 aliphatic rings. The Labute approximate surface area is 155 Å². The summed E-state index contributed by atoms with van der Waals surface area (Å²) < 4.78 is 0. The lowest BCUT2D eigenvalue weighted by atomic mass is 10.2. The van der Waals surface area contributed by atoms with Crippen molar-refractivity contribution in [3.63, 3.8) is 0 Å². The van der Waals surface area contributed by atoms with Crippen LogP contribution in [0.25, 0.3) is 0 Å². The number of amides is 1. The van der Waals surface area contributed by atoms with Crippen molar-refractivity contribution in [2.75, 3.05) is 47.3 Å². The summed E-state index contributed by atoms with van der Waals surface area (Å²) in [7, 11) is 5.59. The highest BCUT2D eigenvalue weighted by atomic mass is 32.1. The SMILES string of the molecule is CCN1CCCC1CN(C)C(=NCC(=O)N(C)C)NCc1cccs1. The van der Waals surface area contributed by atoms with Crippen LogP contribution in [0.4, 0.5) is 0 Å². The van der Waals surface area contributed by atoms with Gasteiger partial charge in [0.25, 0.3) is 0 Å². The van der Waals surface area contributed by atoms with E-state index in [0.717, 1.165) is 25.6 Å². The van der Waals surface area contributed by atoms with E-state index >= 15 is 0 Å². The summed E-state index contributed by atoms with van der Waals surface area (Å²) in [5.41, 5.74) is 0. The van der Waals surface area contributed by atoms with E-state index in [0.29, 0.717) is 6.04 Å². The second-order valence-electron chi connectivity index (χ2n) is 6.67. The summed E-state index contributed by atoms with van der Waals surface area (Å²) in [6.07, 6.45) is 2.49. The number of carbonyl (C=O) groups excluding carboxylic acids is 1. The number of likely N-dealkylation sites (N-methyl/N-ethyl adjacent to an activating group) is 3. The second kappa shape index (κ2) is 9.77. The molecule has 1 aliphatic heterocycles. The topological polar surface area (TPSA) is 51.2 Å². The van der Waals surface area contributed by atoms with Crippen LogP contribution in [0.15, 0.2) is 22.5 Å². The molecule has 0 saturated carbocycles. The van der Waals surface area contributed by atoms with Gasteiger partial charge in [0.1, 0.15) is 6.54 Å². The molecule has 7 heteroatoms. The number of hydrogen-bond donors (Lipinski definition) is 1. The summed E-state index contributed by atoms with van der Waals surface area (Å²) >= 11 is 1.72. The summed E-state index contributed by atoms with van der Waals surface area (Å²) in [6, 6.07) is 4.72. The van der Waals surface area contributed by atoms with Crippen LogP contribution in [0.3, 0.4) is 0 Å². The van der Waals surface area contributed by atoms with Crippen molar-refractivity contribution < 1.29 is 4.79 Å². The fourth-order valence-corrected chi connectivity index (χ4v) is 3.74. The zero-order valence-corrected chi connectivity index (χ0v) is 16.7. The molecule has 1 unspecified atom stereocenters. The van der Waals surface area contributed by atoms with Gasteiger partial charge in [-0.15, -0.1) is 11.3 Å². The number of aliphatic imine (C=N–C) groups is 1. The van der Waals surface area contributed by atoms with Crippen LogP contribution in [0.1, 0.15) is 24.6 Å². The molecule has 140 valence electrons. The summed E-state index contributed by atoms with van der Waals surface area (Å²) in [5, 5.41) is 5.49. The summed E-state index contributed by atoms with van der Waals surface area (Å²) in [5.74, 6) is 0.812. The average molecular weight is 366 g/mol. The molecule has 1 amide bonds. The molecule has 25 heavy (non-hydrogen) atoms. The Morgan fingerprint density at radius 2 is 2.24 bits per heavy atom. The minimum Gasteiger partial charge on any atom is -0.351 e. The Hall–Kier alpha value is -1.60. The van der Waals surface area contributed by atoms with Gasteiger partial charge >= 0.3 is 0 Å². The highest BCUT2D eigenvalue weighted by molar-refractivity contribution is 7.09. The van der Waals surface area contributed by atoms with Gasteiger partial charge in [-0.2, -0.15) is 0 Å². The van der Waals surface area contributed by atoms with Gasteiger partial charge in [0.2, 0.25) is 5.91 Å². The van der Waals surface area contributed by atoms with E-state index in [1.165, 1.54) is 24.3 Å². The molecular weight excluding hydrogens is 334 g/mol. The lowest BCUT2D eigenvalue weighted by Crippen LogP contribution is -2.46. The van der Waals surface area contributed by atoms with Crippen LogP contribution in [0.5, 0.6) is 0 Å². The average Bonchev–Trinajstić information content (AvgIpc) is 3.25. The number of likely N-dealkylation sites (tertiary alicyclic amines) is 1. The van der Waals surface area contributed by atoms with Crippen molar-refractivity contribution in [2.24, 2.45) is 4.99 Å². The minimum absolute atomic E-state index is 0.0138. The molecule has 2 rings (SSSR count). The summed E-state index contributed by atoms with van der Waals surface area (Å²) in [4.78, 5) is 24.0. The maximum Gasteiger partial charge on any atom is 0.243 e. The first kappa shape index (κ1) is 19.7. The molecule has 1 atom stereocenters. The van der Waals surface area contributed by atoms with E-state index in [2.05, 4.69) is 51.6 Å². The molecule has 1 aromatic heterocycles. The van der Waals surface area contributed by atoms with Crippen molar-refractivity contribution in [3.05, 3.63) is 22.4 Å². The molecule has 0 aromatic carbocycles. The monoisotopic (exact) mass is 365 g/mol. The van der Waals surface area contributed by atoms with Gasteiger partial charge in [-0.05, 0) is 37.4 Å². The fourth-order valence-electron chi connectivity index (χ4n) is 3.10. The van der Waals surface area contributed by atoms with Gasteiger partial charge in [-0.3, -0.25) is 9.69 Å². The molecule has 6 nitrogen and oxygen atoms in total. The van der Waals surface area contributed by atoms with Crippen LogP contribution in [0, 0.1) is 0 Å². The first-order valence-electron chi connectivity index (χ1n) is 8.97. The van der Waals surface area contributed by atoms with Crippen LogP contribution >= 0.6 is 11.3 Å². The Morgan fingerprint density at radius 1 is 1.44 bits per heavy atom. The number of rotatable bonds is 7. The first-order chi connectivity index (χ1) is 12.0. The Balaban J connectivity index is 2.00. The number of thiophene rings is 1. The fraction of sp³-hybridized carbons (Fsp3) is 0.667. The van der Waals surface area contributed by atoms with Crippen LogP contribution in [-0.4, -0.2) is 79.9 Å². The van der Waals surface area contributed by atoms with E-state index < -0.39 is 0 Å². The summed E-state index contributed by atoms with van der Waals surface area (Å²) in [6.45, 7) is 6.33. The normalized spacial score (nSPS) is 18.4. The molecule has 0 aliphatic carbocycles. The van der Waals surface area contributed by atoms with Crippen LogP contribution in [0.2, 0.25) is 0 Å². The number of nitrogens with zero attached hydrogens (tertiary/aromatic N) is 4. The van der Waals surface area contributed by atoms with E-state index in [1.54, 1.807) is 30.3 Å². The predicted molar refractivity (Wildman–Crippen MR) is 105 cm³/mol. The highest BCUT2D eigenvalue weighted by Gasteiger charge is 2.25. The van der Waals surface area contributed by atoms with Gasteiger partial charge < -0.3 is 15.1 Å². The molecular formula is C18H31N5OS. The molecule has 1 fully saturated rings. The van der Waals surface area contributed by atoms with Gasteiger partial charge in [-0.1, -0.05) is 13.0 Å². The number of nitrogens with one attached hydrogen (secondary N) is 1. The van der Waals surface area contributed by atoms with E-state index in [9.17, 15) is 4.79 Å². The van der Waals surface area contributed by atoms with E-state index in [-0.39, 0.29) is 12.5 Å². The van der Waals surface area contributed by atoms with Gasteiger partial charge in [0.05, 0.1) is 6.54 Å². The lowest BCUT2D eigenvalue weighted by molar-refractivity contribution is -0.127. The maximum atomic E-state index is 11.9. The number of hydrogen-bond acceptors (Lipinski definition) is 4. The molecule has 0 bridgehead atoms. The van der Waals surface area contributed by atoms with Crippen molar-refractivity contribution in [3.8, 4) is 0 Å². The second-order valence-corrected chi connectivity index (χ2v) is 7.70. The van der Waals surface area contributed by atoms with Gasteiger partial charge in [0.15, 0.2) is 5.96 Å². The van der Waals surface area contributed by atoms with Gasteiger partial charge in [-0.25, -0.2) is 4.99 Å². The van der Waals surface area contributed by atoms with Crippen molar-refractivity contribution in [2.45, 2.75) is 32.4 Å². The Morgan fingerprint density at radius 3 is 2.88 bits per heavy atom. The number of carbonyl (C=O) groups is 1. The van der Waals surface area contributed by atoms with Crippen molar-refractivity contribution >= 4 is 23.2 Å². The van der Waals surface area contributed by atoms with E-state index in [4.69, 9.17) is 0 Å². The molecule has 1 saturated heterocycles. The minimum atomic E-state index is 0.0138. The first-order valence-corrected chi connectivity index (χ1v) is 9.85. The van der Waals surface area contributed by atoms with Crippen LogP contribution in [-0.2, 0) is 11.3 Å². The standard InChI is InChI=1S/C18H31N5OS/c1-5-23-10-6-8-15(23)14-22(4)18(20-13-17(24)21(2)3)19-12-16-9-7-11-25-16/h7,9,11,15H,5-6,8,10,12-14H2,1-4H3,(H,19,20). The van der Waals surface area contributed by atoms with Crippen LogP contribution < -0.4 is 5.32 Å². The maximum absolute atomic E-state index is 11.9. The van der Waals surface area contributed by atoms with Crippen molar-refractivity contribution in [1.29, 1.82) is 0 Å². The highest BCUT2D eigenvalue weighted by Crippen LogP contribution is 2.17. The zero-order chi connectivity index (χ0) is 18.2. The third kappa shape index (κ3) is 6.01. The predicted octanol–water partition coefficient (Wildman–Crippen LogP) is 1.70. The zero-order valence-electron chi connectivity index (χ0n) is 15.9. The largest absolute Gasteiger partial charge is 0.351 e. The van der Waals surface area contributed by atoms with Gasteiger partial charge in [0, 0.05) is 38.6 Å². The molecule has 0 radical (unpaired) electrons. The molecule has 1 aromatic rings. The smallest absolute Gasteiger partial charge is 0.243 e. The molecule has 2 heterocycles. The molecule has 0 spiro atoms. The number of guanidine groups is 1. The third-order valence-corrected chi connectivity index (χ3v) is 5.49. The van der Waals surface area contributed by atoms with E-state index in [1.807, 2.05) is 0 Å². The lowest BCUT2D eigenvalue weighted by Gasteiger charge is -2.30. The quantitative estimate of drug-likeness (QED) is 0.590. The molecule has 1 N–H and O–H groups in total. The Kier molecular flexibility index (Phi) is 7.71. The third-order valence-electron chi connectivity index (χ3n) is 4.62. The van der Waals surface area contributed by atoms with Crippen molar-refractivity contribution in [1.82, 2.24) is 20.0 Å². The Bertz CT molecular complexity index is 558.